The van der Waals surface area contributed by atoms with Gasteiger partial charge < -0.3 is 5.32 Å². The topological polar surface area (TPSA) is 12.0 Å². The van der Waals surface area contributed by atoms with Gasteiger partial charge in [-0.15, -0.1) is 0 Å². The Balaban J connectivity index is 1.84. The Hall–Kier alpha value is -0.820. The molecule has 1 heteroatoms. The van der Waals surface area contributed by atoms with E-state index in [0.717, 1.165) is 11.8 Å². The summed E-state index contributed by atoms with van der Waals surface area (Å²) in [6, 6.07) is 9.91. The Morgan fingerprint density at radius 3 is 2.75 bits per heavy atom. The molecule has 0 aromatic heterocycles. The van der Waals surface area contributed by atoms with E-state index in [1.165, 1.54) is 37.8 Å². The standard InChI is InChI=1S/C15H21N/c1-2-11-8-9-16-15(11)14-5-3-4-13(10-14)12-6-7-12/h3-5,10-12,15-16H,2,6-9H2,1H3. The van der Waals surface area contributed by atoms with E-state index in [-0.39, 0.29) is 0 Å². The van der Waals surface area contributed by atoms with E-state index < -0.39 is 0 Å². The monoisotopic (exact) mass is 215 g/mol. The van der Waals surface area contributed by atoms with Crippen molar-refractivity contribution in [1.82, 2.24) is 5.32 Å². The highest BCUT2D eigenvalue weighted by molar-refractivity contribution is 5.31. The van der Waals surface area contributed by atoms with Crippen LogP contribution in [0.1, 0.15) is 55.7 Å². The highest BCUT2D eigenvalue weighted by Crippen LogP contribution is 2.41. The highest BCUT2D eigenvalue weighted by atomic mass is 14.9. The van der Waals surface area contributed by atoms with Gasteiger partial charge in [0.15, 0.2) is 0 Å². The summed E-state index contributed by atoms with van der Waals surface area (Å²) in [5.74, 6) is 1.72. The van der Waals surface area contributed by atoms with Crippen LogP contribution in [-0.4, -0.2) is 6.54 Å². The molecule has 2 aliphatic rings. The first-order valence-corrected chi connectivity index (χ1v) is 6.71. The lowest BCUT2D eigenvalue weighted by atomic mass is 9.91. The van der Waals surface area contributed by atoms with Crippen molar-refractivity contribution in [2.24, 2.45) is 5.92 Å². The second-order valence-electron chi connectivity index (χ2n) is 5.33. The molecule has 16 heavy (non-hydrogen) atoms. The molecule has 1 aromatic rings. The molecule has 0 amide bonds. The first-order valence-electron chi connectivity index (χ1n) is 6.71. The molecule has 1 saturated carbocycles. The minimum absolute atomic E-state index is 0.615. The molecule has 1 saturated heterocycles. The summed E-state index contributed by atoms with van der Waals surface area (Å²) < 4.78 is 0. The van der Waals surface area contributed by atoms with Crippen molar-refractivity contribution in [3.63, 3.8) is 0 Å². The normalized spacial score (nSPS) is 29.6. The molecular weight excluding hydrogens is 194 g/mol. The van der Waals surface area contributed by atoms with Crippen LogP contribution < -0.4 is 5.32 Å². The van der Waals surface area contributed by atoms with Gasteiger partial charge in [0.1, 0.15) is 0 Å². The third-order valence-corrected chi connectivity index (χ3v) is 4.19. The predicted octanol–water partition coefficient (Wildman–Crippen LogP) is 3.62. The molecule has 1 heterocycles. The second-order valence-corrected chi connectivity index (χ2v) is 5.33. The highest BCUT2D eigenvalue weighted by Gasteiger charge is 2.28. The number of hydrogen-bond acceptors (Lipinski definition) is 1. The van der Waals surface area contributed by atoms with E-state index in [2.05, 4.69) is 36.5 Å². The van der Waals surface area contributed by atoms with Crippen LogP contribution in [0.25, 0.3) is 0 Å². The van der Waals surface area contributed by atoms with Gasteiger partial charge in [0.05, 0.1) is 0 Å². The van der Waals surface area contributed by atoms with E-state index in [1.807, 2.05) is 0 Å². The molecule has 86 valence electrons. The van der Waals surface area contributed by atoms with Gasteiger partial charge in [-0.25, -0.2) is 0 Å². The minimum atomic E-state index is 0.615. The van der Waals surface area contributed by atoms with Crippen molar-refractivity contribution in [2.45, 2.75) is 44.6 Å². The van der Waals surface area contributed by atoms with Gasteiger partial charge in [-0.2, -0.15) is 0 Å². The molecule has 2 atom stereocenters. The Morgan fingerprint density at radius 1 is 1.19 bits per heavy atom. The SMILES string of the molecule is CCC1CCNC1c1cccc(C2CC2)c1. The smallest absolute Gasteiger partial charge is 0.0349 e. The zero-order valence-corrected chi connectivity index (χ0v) is 10.1. The average Bonchev–Trinajstić information content (AvgIpc) is 3.07. The van der Waals surface area contributed by atoms with E-state index in [4.69, 9.17) is 0 Å². The van der Waals surface area contributed by atoms with Gasteiger partial charge in [-0.3, -0.25) is 0 Å². The maximum atomic E-state index is 3.66. The summed E-state index contributed by atoms with van der Waals surface area (Å²) in [6.45, 7) is 3.51. The minimum Gasteiger partial charge on any atom is -0.310 e. The van der Waals surface area contributed by atoms with Crippen LogP contribution >= 0.6 is 0 Å². The fraction of sp³-hybridized carbons (Fsp3) is 0.600. The summed E-state index contributed by atoms with van der Waals surface area (Å²) in [4.78, 5) is 0. The average molecular weight is 215 g/mol. The summed E-state index contributed by atoms with van der Waals surface area (Å²) >= 11 is 0. The molecule has 2 unspecified atom stereocenters. The van der Waals surface area contributed by atoms with E-state index >= 15 is 0 Å². The van der Waals surface area contributed by atoms with E-state index in [1.54, 1.807) is 5.56 Å². The van der Waals surface area contributed by atoms with Gasteiger partial charge in [0.25, 0.3) is 0 Å². The fourth-order valence-electron chi connectivity index (χ4n) is 3.01. The van der Waals surface area contributed by atoms with Crippen molar-refractivity contribution in [2.75, 3.05) is 6.54 Å². The van der Waals surface area contributed by atoms with Gasteiger partial charge >= 0.3 is 0 Å². The van der Waals surface area contributed by atoms with Crippen molar-refractivity contribution >= 4 is 0 Å². The zero-order chi connectivity index (χ0) is 11.0. The van der Waals surface area contributed by atoms with Gasteiger partial charge in [0, 0.05) is 6.04 Å². The Labute approximate surface area is 98.3 Å². The number of hydrogen-bond donors (Lipinski definition) is 1. The number of nitrogens with one attached hydrogen (secondary N) is 1. The van der Waals surface area contributed by atoms with Crippen molar-refractivity contribution in [3.8, 4) is 0 Å². The molecule has 1 aliphatic heterocycles. The predicted molar refractivity (Wildman–Crippen MR) is 67.6 cm³/mol. The van der Waals surface area contributed by atoms with Gasteiger partial charge in [-0.1, -0.05) is 37.6 Å². The quantitative estimate of drug-likeness (QED) is 0.812. The third-order valence-electron chi connectivity index (χ3n) is 4.19. The summed E-state index contributed by atoms with van der Waals surface area (Å²) in [7, 11) is 0. The van der Waals surface area contributed by atoms with Crippen LogP contribution in [0.15, 0.2) is 24.3 Å². The first kappa shape index (κ1) is 10.3. The fourth-order valence-corrected chi connectivity index (χ4v) is 3.01. The summed E-state index contributed by atoms with van der Waals surface area (Å²) in [5.41, 5.74) is 3.09. The molecule has 1 nitrogen and oxygen atoms in total. The van der Waals surface area contributed by atoms with Crippen molar-refractivity contribution in [3.05, 3.63) is 35.4 Å². The maximum absolute atomic E-state index is 3.66. The zero-order valence-electron chi connectivity index (χ0n) is 10.1. The van der Waals surface area contributed by atoms with Gasteiger partial charge in [-0.05, 0) is 48.8 Å². The lowest BCUT2D eigenvalue weighted by Crippen LogP contribution is -2.17. The van der Waals surface area contributed by atoms with Gasteiger partial charge in [0.2, 0.25) is 0 Å². The molecule has 3 rings (SSSR count). The summed E-state index contributed by atoms with van der Waals surface area (Å²) in [6.07, 6.45) is 5.44. The molecule has 2 fully saturated rings. The molecule has 1 aliphatic carbocycles. The lowest BCUT2D eigenvalue weighted by molar-refractivity contribution is 0.449. The second kappa shape index (κ2) is 4.21. The largest absolute Gasteiger partial charge is 0.310 e. The van der Waals surface area contributed by atoms with E-state index in [0.29, 0.717) is 6.04 Å². The van der Waals surface area contributed by atoms with Crippen LogP contribution in [-0.2, 0) is 0 Å². The Kier molecular flexibility index (Phi) is 2.72. The molecule has 1 N–H and O–H groups in total. The maximum Gasteiger partial charge on any atom is 0.0349 e. The van der Waals surface area contributed by atoms with Crippen molar-refractivity contribution in [1.29, 1.82) is 0 Å². The van der Waals surface area contributed by atoms with Crippen LogP contribution in [0.3, 0.4) is 0 Å². The molecule has 0 spiro atoms. The number of rotatable bonds is 3. The van der Waals surface area contributed by atoms with Crippen LogP contribution in [0.2, 0.25) is 0 Å². The van der Waals surface area contributed by atoms with Crippen LogP contribution in [0.5, 0.6) is 0 Å². The molecule has 0 radical (unpaired) electrons. The van der Waals surface area contributed by atoms with Crippen molar-refractivity contribution < 1.29 is 0 Å². The molecule has 0 bridgehead atoms. The summed E-state index contributed by atoms with van der Waals surface area (Å²) in [5, 5.41) is 3.66. The van der Waals surface area contributed by atoms with Crippen LogP contribution in [0.4, 0.5) is 0 Å². The molecular formula is C15H21N. The molecule has 1 aromatic carbocycles. The Bertz CT molecular complexity index is 367. The first-order chi connectivity index (χ1) is 7.88. The third kappa shape index (κ3) is 1.89. The number of benzene rings is 1. The Morgan fingerprint density at radius 2 is 2.00 bits per heavy atom. The van der Waals surface area contributed by atoms with Crippen LogP contribution in [0, 0.1) is 5.92 Å². The lowest BCUT2D eigenvalue weighted by Gasteiger charge is -2.19. The van der Waals surface area contributed by atoms with E-state index in [9.17, 15) is 0 Å².